The van der Waals surface area contributed by atoms with Gasteiger partial charge in [0, 0.05) is 51.9 Å². The SMILES string of the molecule is CCC(CC)NCCN1CCN(CC(C)C)CC1. The molecule has 0 atom stereocenters. The lowest BCUT2D eigenvalue weighted by atomic mass is 10.1. The van der Waals surface area contributed by atoms with Crippen LogP contribution in [0.4, 0.5) is 0 Å². The van der Waals surface area contributed by atoms with Crippen LogP contribution in [0.15, 0.2) is 0 Å². The van der Waals surface area contributed by atoms with Gasteiger partial charge in [-0.1, -0.05) is 27.7 Å². The van der Waals surface area contributed by atoms with Crippen LogP contribution in [0.25, 0.3) is 0 Å². The van der Waals surface area contributed by atoms with E-state index >= 15 is 0 Å². The molecule has 1 rings (SSSR count). The summed E-state index contributed by atoms with van der Waals surface area (Å²) in [6.45, 7) is 17.8. The third-order valence-corrected chi connectivity index (χ3v) is 3.93. The minimum absolute atomic E-state index is 0.715. The highest BCUT2D eigenvalue weighted by Crippen LogP contribution is 2.05. The topological polar surface area (TPSA) is 18.5 Å². The molecule has 18 heavy (non-hydrogen) atoms. The lowest BCUT2D eigenvalue weighted by molar-refractivity contribution is 0.122. The fourth-order valence-electron chi connectivity index (χ4n) is 2.72. The predicted molar refractivity (Wildman–Crippen MR) is 80.1 cm³/mol. The number of nitrogens with one attached hydrogen (secondary N) is 1. The maximum absolute atomic E-state index is 3.65. The smallest absolute Gasteiger partial charge is 0.0110 e. The summed E-state index contributed by atoms with van der Waals surface area (Å²) in [5, 5.41) is 3.65. The monoisotopic (exact) mass is 255 g/mol. The van der Waals surface area contributed by atoms with Gasteiger partial charge >= 0.3 is 0 Å². The average Bonchev–Trinajstić information content (AvgIpc) is 2.36. The fraction of sp³-hybridized carbons (Fsp3) is 1.00. The Labute approximate surface area is 114 Å². The Kier molecular flexibility index (Phi) is 7.87. The average molecular weight is 255 g/mol. The molecule has 0 radical (unpaired) electrons. The minimum Gasteiger partial charge on any atom is -0.313 e. The first-order valence-electron chi connectivity index (χ1n) is 7.83. The van der Waals surface area contributed by atoms with Crippen molar-refractivity contribution in [2.75, 3.05) is 45.8 Å². The van der Waals surface area contributed by atoms with Crippen molar-refractivity contribution in [3.05, 3.63) is 0 Å². The molecule has 0 aromatic carbocycles. The van der Waals surface area contributed by atoms with E-state index in [4.69, 9.17) is 0 Å². The Morgan fingerprint density at radius 2 is 1.50 bits per heavy atom. The molecule has 1 heterocycles. The van der Waals surface area contributed by atoms with E-state index in [1.165, 1.54) is 52.1 Å². The first kappa shape index (κ1) is 15.9. The van der Waals surface area contributed by atoms with Crippen LogP contribution < -0.4 is 5.32 Å². The van der Waals surface area contributed by atoms with Crippen molar-refractivity contribution in [2.45, 2.75) is 46.6 Å². The lowest BCUT2D eigenvalue weighted by Crippen LogP contribution is -2.49. The second kappa shape index (κ2) is 8.89. The van der Waals surface area contributed by atoms with Crippen LogP contribution in [0.3, 0.4) is 0 Å². The molecule has 0 aromatic heterocycles. The zero-order valence-corrected chi connectivity index (χ0v) is 12.9. The molecule has 1 N–H and O–H groups in total. The van der Waals surface area contributed by atoms with Crippen molar-refractivity contribution in [3.8, 4) is 0 Å². The highest BCUT2D eigenvalue weighted by molar-refractivity contribution is 4.74. The minimum atomic E-state index is 0.715. The van der Waals surface area contributed by atoms with Crippen molar-refractivity contribution in [1.82, 2.24) is 15.1 Å². The normalized spacial score (nSPS) is 19.0. The van der Waals surface area contributed by atoms with Crippen LogP contribution in [0.1, 0.15) is 40.5 Å². The summed E-state index contributed by atoms with van der Waals surface area (Å²) in [4.78, 5) is 5.21. The van der Waals surface area contributed by atoms with E-state index in [-0.39, 0.29) is 0 Å². The Bertz CT molecular complexity index is 194. The number of piperazine rings is 1. The molecule has 3 heteroatoms. The van der Waals surface area contributed by atoms with Gasteiger partial charge < -0.3 is 10.2 Å². The summed E-state index contributed by atoms with van der Waals surface area (Å²) < 4.78 is 0. The Balaban J connectivity index is 2.08. The van der Waals surface area contributed by atoms with Crippen LogP contribution in [-0.4, -0.2) is 61.7 Å². The standard InChI is InChI=1S/C15H33N3/c1-5-15(6-2)16-7-8-17-9-11-18(12-10-17)13-14(3)4/h14-16H,5-13H2,1-4H3. The second-order valence-electron chi connectivity index (χ2n) is 6.00. The van der Waals surface area contributed by atoms with E-state index in [9.17, 15) is 0 Å². The first-order chi connectivity index (χ1) is 8.65. The molecule has 108 valence electrons. The molecule has 0 aromatic rings. The van der Waals surface area contributed by atoms with E-state index in [0.717, 1.165) is 12.5 Å². The van der Waals surface area contributed by atoms with Crippen LogP contribution in [0.2, 0.25) is 0 Å². The molecule has 0 unspecified atom stereocenters. The third kappa shape index (κ3) is 6.17. The molecule has 1 aliphatic heterocycles. The van der Waals surface area contributed by atoms with Gasteiger partial charge in [0.1, 0.15) is 0 Å². The van der Waals surface area contributed by atoms with E-state index in [1.54, 1.807) is 0 Å². The Hall–Kier alpha value is -0.120. The predicted octanol–water partition coefficient (Wildman–Crippen LogP) is 2.04. The van der Waals surface area contributed by atoms with Gasteiger partial charge in [-0.05, 0) is 18.8 Å². The van der Waals surface area contributed by atoms with Crippen LogP contribution in [0, 0.1) is 5.92 Å². The molecule has 0 saturated carbocycles. The zero-order chi connectivity index (χ0) is 13.4. The first-order valence-corrected chi connectivity index (χ1v) is 7.83. The molecule has 0 bridgehead atoms. The summed E-state index contributed by atoms with van der Waals surface area (Å²) in [6, 6.07) is 0.715. The molecule has 0 spiro atoms. The summed E-state index contributed by atoms with van der Waals surface area (Å²) in [5.74, 6) is 0.799. The van der Waals surface area contributed by atoms with Crippen molar-refractivity contribution in [1.29, 1.82) is 0 Å². The van der Waals surface area contributed by atoms with Gasteiger partial charge in [0.05, 0.1) is 0 Å². The molecular formula is C15H33N3. The largest absolute Gasteiger partial charge is 0.313 e. The van der Waals surface area contributed by atoms with Gasteiger partial charge in [-0.3, -0.25) is 4.90 Å². The maximum atomic E-state index is 3.65. The van der Waals surface area contributed by atoms with Crippen LogP contribution in [-0.2, 0) is 0 Å². The van der Waals surface area contributed by atoms with E-state index in [2.05, 4.69) is 42.8 Å². The highest BCUT2D eigenvalue weighted by atomic mass is 15.3. The summed E-state index contributed by atoms with van der Waals surface area (Å²) in [7, 11) is 0. The van der Waals surface area contributed by atoms with Gasteiger partial charge in [0.2, 0.25) is 0 Å². The summed E-state index contributed by atoms with van der Waals surface area (Å²) in [5.41, 5.74) is 0. The summed E-state index contributed by atoms with van der Waals surface area (Å²) in [6.07, 6.45) is 2.50. The van der Waals surface area contributed by atoms with Gasteiger partial charge in [-0.25, -0.2) is 0 Å². The molecular weight excluding hydrogens is 222 g/mol. The molecule has 0 aliphatic carbocycles. The van der Waals surface area contributed by atoms with E-state index in [1.807, 2.05) is 0 Å². The third-order valence-electron chi connectivity index (χ3n) is 3.93. The highest BCUT2D eigenvalue weighted by Gasteiger charge is 2.16. The van der Waals surface area contributed by atoms with Gasteiger partial charge in [0.25, 0.3) is 0 Å². The van der Waals surface area contributed by atoms with Crippen molar-refractivity contribution >= 4 is 0 Å². The molecule has 1 fully saturated rings. The quantitative estimate of drug-likeness (QED) is 0.716. The molecule has 0 amide bonds. The fourth-order valence-corrected chi connectivity index (χ4v) is 2.72. The Morgan fingerprint density at radius 3 is 2.00 bits per heavy atom. The number of hydrogen-bond acceptors (Lipinski definition) is 3. The van der Waals surface area contributed by atoms with Crippen molar-refractivity contribution in [2.24, 2.45) is 5.92 Å². The molecule has 1 aliphatic rings. The molecule has 1 saturated heterocycles. The van der Waals surface area contributed by atoms with Crippen molar-refractivity contribution in [3.63, 3.8) is 0 Å². The maximum Gasteiger partial charge on any atom is 0.0110 e. The number of nitrogens with zero attached hydrogens (tertiary/aromatic N) is 2. The van der Waals surface area contributed by atoms with Crippen molar-refractivity contribution < 1.29 is 0 Å². The van der Waals surface area contributed by atoms with Gasteiger partial charge in [0.15, 0.2) is 0 Å². The molecule has 3 nitrogen and oxygen atoms in total. The summed E-state index contributed by atoms with van der Waals surface area (Å²) >= 11 is 0. The second-order valence-corrected chi connectivity index (χ2v) is 6.00. The zero-order valence-electron chi connectivity index (χ0n) is 12.9. The Morgan fingerprint density at radius 1 is 0.944 bits per heavy atom. The van der Waals surface area contributed by atoms with Gasteiger partial charge in [-0.15, -0.1) is 0 Å². The number of hydrogen-bond donors (Lipinski definition) is 1. The number of rotatable bonds is 8. The van der Waals surface area contributed by atoms with E-state index in [0.29, 0.717) is 6.04 Å². The lowest BCUT2D eigenvalue weighted by Gasteiger charge is -2.35. The van der Waals surface area contributed by atoms with E-state index < -0.39 is 0 Å². The van der Waals surface area contributed by atoms with Crippen LogP contribution >= 0.6 is 0 Å². The van der Waals surface area contributed by atoms with Crippen LogP contribution in [0.5, 0.6) is 0 Å². The van der Waals surface area contributed by atoms with Gasteiger partial charge in [-0.2, -0.15) is 0 Å².